The fourth-order valence-corrected chi connectivity index (χ4v) is 3.50. The second-order valence-corrected chi connectivity index (χ2v) is 8.06. The van der Waals surface area contributed by atoms with Crippen molar-refractivity contribution in [2.24, 2.45) is 0 Å². The quantitative estimate of drug-likeness (QED) is 0.360. The third-order valence-electron chi connectivity index (χ3n) is 2.51. The fraction of sp³-hybridized carbons (Fsp3) is 0.571. The zero-order valence-electron chi connectivity index (χ0n) is 9.89. The Kier molecular flexibility index (Phi) is 4.67. The largest absolute Gasteiger partial charge is 0.776 e. The van der Waals surface area contributed by atoms with Crippen molar-refractivity contribution in [2.45, 2.75) is 5.08 Å². The van der Waals surface area contributed by atoms with Crippen LogP contribution in [0.5, 0.6) is 0 Å². The first-order valence-electron chi connectivity index (χ1n) is 5.05. The summed E-state index contributed by atoms with van der Waals surface area (Å²) in [5.41, 5.74) is 0. The van der Waals surface area contributed by atoms with E-state index in [4.69, 9.17) is 14.9 Å². The van der Waals surface area contributed by atoms with Crippen LogP contribution in [0.4, 0.5) is 0 Å². The molecular weight excluding hydrogens is 318 g/mol. The average molecular weight is 330 g/mol. The van der Waals surface area contributed by atoms with Gasteiger partial charge in [0.05, 0.1) is 13.2 Å². The molecule has 4 N–H and O–H groups in total. The maximum atomic E-state index is 11.0. The summed E-state index contributed by atoms with van der Waals surface area (Å²) in [4.78, 5) is 52.1. The summed E-state index contributed by atoms with van der Waals surface area (Å²) in [6.07, 6.45) is 2.33. The summed E-state index contributed by atoms with van der Waals surface area (Å²) >= 11 is 0. The van der Waals surface area contributed by atoms with Crippen LogP contribution in [-0.4, -0.2) is 60.6 Å². The van der Waals surface area contributed by atoms with Crippen LogP contribution in [0, 0.1) is 0 Å². The molecule has 0 aliphatic carbocycles. The van der Waals surface area contributed by atoms with Gasteiger partial charge in [-0.05, 0) is 0 Å². The molecule has 0 amide bonds. The molecule has 20 heavy (non-hydrogen) atoms. The monoisotopic (exact) mass is 330 g/mol. The lowest BCUT2D eigenvalue weighted by Gasteiger charge is -2.43. The summed E-state index contributed by atoms with van der Waals surface area (Å²) in [5.74, 6) is -1.18. The molecule has 1 rings (SSSR count). The molecule has 0 bridgehead atoms. The molecule has 0 radical (unpaired) electrons. The van der Waals surface area contributed by atoms with E-state index >= 15 is 0 Å². The van der Waals surface area contributed by atoms with Gasteiger partial charge in [-0.15, -0.1) is 0 Å². The molecular formula is C7H12N2O9P2-2. The molecule has 1 aliphatic rings. The van der Waals surface area contributed by atoms with Crippen LogP contribution in [-0.2, 0) is 13.9 Å². The number of carboxylic acids is 1. The van der Waals surface area contributed by atoms with Crippen LogP contribution in [0.3, 0.4) is 0 Å². The topological polar surface area (TPSA) is 185 Å². The summed E-state index contributed by atoms with van der Waals surface area (Å²) < 4.78 is 22.0. The van der Waals surface area contributed by atoms with Crippen molar-refractivity contribution in [1.29, 1.82) is 0 Å². The lowest BCUT2D eigenvalue weighted by molar-refractivity contribution is -0.227. The minimum Gasteiger partial charge on any atom is -0.776 e. The maximum absolute atomic E-state index is 11.0. The molecule has 116 valence electrons. The fourth-order valence-electron chi connectivity index (χ4n) is 1.51. The Balaban J connectivity index is 2.86. The molecule has 1 aliphatic heterocycles. The van der Waals surface area contributed by atoms with Crippen LogP contribution < -0.4 is 9.79 Å². The highest BCUT2D eigenvalue weighted by atomic mass is 31.2. The predicted octanol–water partition coefficient (Wildman–Crippen LogP) is -3.15. The van der Waals surface area contributed by atoms with Crippen molar-refractivity contribution in [3.05, 3.63) is 12.4 Å². The van der Waals surface area contributed by atoms with Gasteiger partial charge in [0.25, 0.3) is 0 Å². The number of nitrogens with zero attached hydrogens (tertiary/aromatic N) is 2. The van der Waals surface area contributed by atoms with Crippen LogP contribution in [0.25, 0.3) is 0 Å². The molecule has 0 aromatic carbocycles. The van der Waals surface area contributed by atoms with E-state index in [0.29, 0.717) is 0 Å². The Morgan fingerprint density at radius 2 is 1.65 bits per heavy atom. The molecule has 0 spiro atoms. The summed E-state index contributed by atoms with van der Waals surface area (Å²) in [6, 6.07) is 0. The van der Waals surface area contributed by atoms with Gasteiger partial charge in [-0.25, -0.2) is 0 Å². The molecule has 11 nitrogen and oxygen atoms in total. The van der Waals surface area contributed by atoms with E-state index in [1.54, 1.807) is 0 Å². The van der Waals surface area contributed by atoms with Gasteiger partial charge in [-0.2, -0.15) is 0 Å². The van der Waals surface area contributed by atoms with Gasteiger partial charge >= 0.3 is 5.97 Å². The van der Waals surface area contributed by atoms with E-state index in [-0.39, 0.29) is 6.67 Å². The van der Waals surface area contributed by atoms with E-state index < -0.39 is 39.3 Å². The number of hydrogen-bond donors (Lipinski definition) is 4. The highest BCUT2D eigenvalue weighted by molar-refractivity contribution is 7.70. The van der Waals surface area contributed by atoms with E-state index in [2.05, 4.69) is 0 Å². The van der Waals surface area contributed by atoms with Crippen molar-refractivity contribution in [2.75, 3.05) is 19.8 Å². The first kappa shape index (κ1) is 17.1. The number of aliphatic carboxylic acids is 1. The van der Waals surface area contributed by atoms with Gasteiger partial charge in [0.2, 0.25) is 5.08 Å². The Labute approximate surface area is 113 Å². The van der Waals surface area contributed by atoms with E-state index in [1.807, 2.05) is 0 Å². The lowest BCUT2D eigenvalue weighted by atomic mass is 10.6. The Morgan fingerprint density at radius 1 is 1.20 bits per heavy atom. The molecule has 13 heteroatoms. The summed E-state index contributed by atoms with van der Waals surface area (Å²) in [6.45, 7) is -1.85. The SMILES string of the molecule is O=C(O)CN1C=CN(CC(O)(P(=O)([O-])O)P(=O)([O-])O)C1. The normalized spacial score (nSPS) is 24.1. The van der Waals surface area contributed by atoms with Crippen molar-refractivity contribution in [3.8, 4) is 0 Å². The second kappa shape index (κ2) is 5.45. The molecule has 1 heterocycles. The van der Waals surface area contributed by atoms with E-state index in [1.165, 1.54) is 11.1 Å². The van der Waals surface area contributed by atoms with Crippen molar-refractivity contribution < 1.29 is 43.7 Å². The van der Waals surface area contributed by atoms with Crippen molar-refractivity contribution in [1.82, 2.24) is 9.80 Å². The average Bonchev–Trinajstić information content (AvgIpc) is 2.60. The lowest BCUT2D eigenvalue weighted by Crippen LogP contribution is -2.46. The first-order chi connectivity index (χ1) is 8.87. The first-order valence-corrected chi connectivity index (χ1v) is 8.21. The number of carbonyl (C=O) groups is 1. The maximum Gasteiger partial charge on any atom is 0.323 e. The summed E-state index contributed by atoms with van der Waals surface area (Å²) in [5, 5.41) is 14.3. The van der Waals surface area contributed by atoms with Crippen LogP contribution in [0.1, 0.15) is 0 Å². The van der Waals surface area contributed by atoms with Crippen LogP contribution in [0.15, 0.2) is 12.4 Å². The molecule has 0 fully saturated rings. The van der Waals surface area contributed by atoms with Gasteiger partial charge in [-0.1, -0.05) is 0 Å². The van der Waals surface area contributed by atoms with Gasteiger partial charge in [-0.3, -0.25) is 4.79 Å². The van der Waals surface area contributed by atoms with Crippen LogP contribution >= 0.6 is 15.2 Å². The van der Waals surface area contributed by atoms with Crippen molar-refractivity contribution in [3.63, 3.8) is 0 Å². The number of carboxylic acid groups (broad SMARTS) is 1. The zero-order chi connectivity index (χ0) is 15.8. The van der Waals surface area contributed by atoms with Crippen molar-refractivity contribution >= 4 is 21.2 Å². The molecule has 0 saturated carbocycles. The Bertz CT molecular complexity index is 486. The minimum atomic E-state index is -5.84. The highest BCUT2D eigenvalue weighted by Crippen LogP contribution is 2.63. The smallest absolute Gasteiger partial charge is 0.323 e. The molecule has 2 atom stereocenters. The Morgan fingerprint density at radius 3 is 2.05 bits per heavy atom. The molecule has 2 unspecified atom stereocenters. The number of rotatable bonds is 6. The zero-order valence-corrected chi connectivity index (χ0v) is 11.7. The van der Waals surface area contributed by atoms with Gasteiger partial charge in [0.1, 0.15) is 6.54 Å². The van der Waals surface area contributed by atoms with Gasteiger partial charge < -0.3 is 48.7 Å². The van der Waals surface area contributed by atoms with E-state index in [0.717, 1.165) is 11.1 Å². The van der Waals surface area contributed by atoms with E-state index in [9.17, 15) is 28.8 Å². The summed E-state index contributed by atoms with van der Waals surface area (Å²) in [7, 11) is -11.7. The standard InChI is InChI=1S/C7H14N2O9P2/c10-6(11)3-8-1-2-9(5-8)4-7(12,19(13,14)15)20(16,17)18/h1-2,12H,3-5H2,(H,10,11)(H2,13,14,15)(H2,16,17,18)/p-2. The molecule has 0 aromatic rings. The molecule has 0 aromatic heterocycles. The number of β-amino-alcohol motifs (C(OH)–C–C–N with tert-alkyl or cyclic N) is 1. The number of hydrogen-bond acceptors (Lipinski definition) is 8. The van der Waals surface area contributed by atoms with Gasteiger partial charge in [0, 0.05) is 12.4 Å². The third-order valence-corrected chi connectivity index (χ3v) is 6.12. The minimum absolute atomic E-state index is 0.241. The van der Waals surface area contributed by atoms with Crippen LogP contribution in [0.2, 0.25) is 0 Å². The van der Waals surface area contributed by atoms with Gasteiger partial charge in [0.15, 0.2) is 15.2 Å². The predicted molar refractivity (Wildman–Crippen MR) is 59.7 cm³/mol. The third kappa shape index (κ3) is 3.58. The number of aliphatic hydroxyl groups is 1. The Hall–Kier alpha value is -0.930. The second-order valence-electron chi connectivity index (χ2n) is 4.14. The highest BCUT2D eigenvalue weighted by Gasteiger charge is 2.48. The molecule has 0 saturated heterocycles.